The summed E-state index contributed by atoms with van der Waals surface area (Å²) in [5.41, 5.74) is 4.51. The molecule has 1 aliphatic carbocycles. The summed E-state index contributed by atoms with van der Waals surface area (Å²) in [6, 6.07) is 12.6. The summed E-state index contributed by atoms with van der Waals surface area (Å²) in [6.07, 6.45) is 4.56. The van der Waals surface area contributed by atoms with Crippen molar-refractivity contribution in [1.29, 1.82) is 5.26 Å². The first-order valence-electron chi connectivity index (χ1n) is 13.7. The van der Waals surface area contributed by atoms with Gasteiger partial charge in [0.1, 0.15) is 11.9 Å². The van der Waals surface area contributed by atoms with E-state index in [2.05, 4.69) is 21.3 Å². The summed E-state index contributed by atoms with van der Waals surface area (Å²) in [4.78, 5) is 19.7. The van der Waals surface area contributed by atoms with Gasteiger partial charge in [0.25, 0.3) is 0 Å². The van der Waals surface area contributed by atoms with Crippen molar-refractivity contribution in [3.8, 4) is 23.0 Å². The molecule has 2 aromatic heterocycles. The van der Waals surface area contributed by atoms with Gasteiger partial charge in [-0.15, -0.1) is 0 Å². The first kappa shape index (κ1) is 28.1. The number of carbonyl (C=O) groups is 1. The second-order valence-electron chi connectivity index (χ2n) is 10.7. The van der Waals surface area contributed by atoms with Crippen molar-refractivity contribution in [3.63, 3.8) is 0 Å². The van der Waals surface area contributed by atoms with Gasteiger partial charge in [-0.2, -0.15) is 21.0 Å². The maximum absolute atomic E-state index is 13.7. The Kier molecular flexibility index (Phi) is 8.12. The average molecular weight is 567 g/mol. The molecule has 1 aromatic carbocycles. The predicted molar refractivity (Wildman–Crippen MR) is 154 cm³/mol. The van der Waals surface area contributed by atoms with Gasteiger partial charge in [-0.3, -0.25) is 13.9 Å². The van der Waals surface area contributed by atoms with Crippen molar-refractivity contribution in [2.24, 2.45) is 5.92 Å². The molecule has 1 aliphatic heterocycles. The van der Waals surface area contributed by atoms with E-state index < -0.39 is 22.4 Å². The van der Waals surface area contributed by atoms with Crippen LogP contribution in [0.1, 0.15) is 49.9 Å². The number of halogens is 1. The molecule has 1 amide bonds. The van der Waals surface area contributed by atoms with Gasteiger partial charge >= 0.3 is 0 Å². The van der Waals surface area contributed by atoms with Gasteiger partial charge in [0.05, 0.1) is 35.2 Å². The molecule has 2 aliphatic rings. The Bertz CT molecular complexity index is 1390. The van der Waals surface area contributed by atoms with E-state index in [0.29, 0.717) is 36.8 Å². The Morgan fingerprint density at radius 2 is 1.85 bits per heavy atom. The van der Waals surface area contributed by atoms with Gasteiger partial charge in [0, 0.05) is 36.2 Å². The fourth-order valence-electron chi connectivity index (χ4n) is 5.81. The number of aromatic nitrogens is 3. The first-order valence-corrected chi connectivity index (χ1v) is 15.6. The van der Waals surface area contributed by atoms with Crippen LogP contribution < -0.4 is 10.2 Å². The molecule has 2 fully saturated rings. The van der Waals surface area contributed by atoms with Crippen LogP contribution in [0, 0.1) is 30.0 Å². The molecule has 1 saturated carbocycles. The molecule has 9 nitrogen and oxygen atoms in total. The standard InChI is InChI=1S/C29H35FN6O3S/c1-19(17-31)33-29(37)25-6-4-3-5-24(25)28-27(20(2)36(34-28)26-12-9-22(30)18-32-26)21-7-10-23(11-8-21)35-13-15-40(38,39)16-14-35/h7-12,18-19,24-25,38-39H,3-6,13-16H2,1-2H3,(H,33,37)/t19-,24+,25+/m0/s1. The molecule has 212 valence electrons. The van der Waals surface area contributed by atoms with Crippen molar-refractivity contribution in [1.82, 2.24) is 20.1 Å². The monoisotopic (exact) mass is 566 g/mol. The maximum Gasteiger partial charge on any atom is 0.224 e. The maximum atomic E-state index is 13.7. The lowest BCUT2D eigenvalue weighted by molar-refractivity contribution is -0.126. The third kappa shape index (κ3) is 5.84. The summed E-state index contributed by atoms with van der Waals surface area (Å²) in [5.74, 6) is 0.185. The second-order valence-corrected chi connectivity index (χ2v) is 13.1. The zero-order chi connectivity index (χ0) is 28.4. The Hall–Kier alpha value is -3.46. The van der Waals surface area contributed by atoms with Crippen LogP contribution in [0.3, 0.4) is 0 Å². The van der Waals surface area contributed by atoms with Gasteiger partial charge in [0.15, 0.2) is 5.82 Å². The molecule has 40 heavy (non-hydrogen) atoms. The molecule has 0 spiro atoms. The highest BCUT2D eigenvalue weighted by molar-refractivity contribution is 8.24. The smallest absolute Gasteiger partial charge is 0.224 e. The highest BCUT2D eigenvalue weighted by atomic mass is 32.3. The highest BCUT2D eigenvalue weighted by Crippen LogP contribution is 2.44. The third-order valence-corrected chi connectivity index (χ3v) is 9.65. The van der Waals surface area contributed by atoms with Crippen LogP contribution in [0.4, 0.5) is 10.1 Å². The van der Waals surface area contributed by atoms with E-state index in [1.807, 2.05) is 31.2 Å². The van der Waals surface area contributed by atoms with Gasteiger partial charge < -0.3 is 10.2 Å². The molecule has 1 saturated heterocycles. The summed E-state index contributed by atoms with van der Waals surface area (Å²) < 4.78 is 35.3. The van der Waals surface area contributed by atoms with Gasteiger partial charge in [-0.25, -0.2) is 14.1 Å². The summed E-state index contributed by atoms with van der Waals surface area (Å²) in [5, 5.41) is 17.1. The van der Waals surface area contributed by atoms with Gasteiger partial charge in [-0.1, -0.05) is 25.0 Å². The van der Waals surface area contributed by atoms with Crippen LogP contribution in [0.15, 0.2) is 42.6 Å². The number of hydrogen-bond acceptors (Lipinski definition) is 7. The minimum Gasteiger partial charge on any atom is -0.368 e. The number of carbonyl (C=O) groups excluding carboxylic acids is 1. The lowest BCUT2D eigenvalue weighted by Gasteiger charge is -2.41. The lowest BCUT2D eigenvalue weighted by atomic mass is 9.75. The van der Waals surface area contributed by atoms with Crippen LogP contribution in [0.25, 0.3) is 16.9 Å². The van der Waals surface area contributed by atoms with Crippen molar-refractivity contribution >= 4 is 22.2 Å². The average Bonchev–Trinajstić information content (AvgIpc) is 3.30. The number of anilines is 1. The molecule has 0 bridgehead atoms. The Labute approximate surface area is 235 Å². The fraction of sp³-hybridized carbons (Fsp3) is 0.448. The number of nitrogens with zero attached hydrogens (tertiary/aromatic N) is 5. The van der Waals surface area contributed by atoms with Crippen LogP contribution in [0.5, 0.6) is 0 Å². The van der Waals surface area contributed by atoms with Gasteiger partial charge in [0.2, 0.25) is 5.91 Å². The van der Waals surface area contributed by atoms with E-state index in [-0.39, 0.29) is 17.7 Å². The van der Waals surface area contributed by atoms with Crippen LogP contribution >= 0.6 is 10.6 Å². The molecule has 3 heterocycles. The number of nitriles is 1. The van der Waals surface area contributed by atoms with E-state index in [1.165, 1.54) is 12.3 Å². The van der Waals surface area contributed by atoms with E-state index in [4.69, 9.17) is 5.10 Å². The van der Waals surface area contributed by atoms with E-state index in [1.54, 1.807) is 17.7 Å². The summed E-state index contributed by atoms with van der Waals surface area (Å²) in [6.45, 7) is 4.79. The lowest BCUT2D eigenvalue weighted by Crippen LogP contribution is -2.40. The van der Waals surface area contributed by atoms with Crippen LogP contribution in [-0.4, -0.2) is 60.4 Å². The predicted octanol–water partition coefficient (Wildman–Crippen LogP) is 5.25. The number of amides is 1. The summed E-state index contributed by atoms with van der Waals surface area (Å²) >= 11 is 0. The second kappa shape index (κ2) is 11.6. The normalized spacial score (nSPS) is 22.2. The van der Waals surface area contributed by atoms with Crippen molar-refractivity contribution < 1.29 is 18.3 Å². The van der Waals surface area contributed by atoms with Crippen molar-refractivity contribution in [2.75, 3.05) is 29.5 Å². The molecule has 0 unspecified atom stereocenters. The Morgan fingerprint density at radius 1 is 1.15 bits per heavy atom. The van der Waals surface area contributed by atoms with E-state index in [0.717, 1.165) is 47.5 Å². The SMILES string of the molecule is Cc1c(-c2ccc(N3CCS(O)(O)CC3)cc2)c([C@@H]2CCCC[C@H]2C(=O)N[C@@H](C)C#N)nn1-c1ccc(F)cn1. The topological polar surface area (TPSA) is 127 Å². The zero-order valence-electron chi connectivity index (χ0n) is 22.8. The number of rotatable bonds is 6. The van der Waals surface area contributed by atoms with Crippen molar-refractivity contribution in [2.45, 2.75) is 51.5 Å². The number of nitrogens with one attached hydrogen (secondary N) is 1. The Morgan fingerprint density at radius 3 is 2.50 bits per heavy atom. The minimum atomic E-state index is -2.48. The highest BCUT2D eigenvalue weighted by Gasteiger charge is 2.37. The van der Waals surface area contributed by atoms with Crippen LogP contribution in [-0.2, 0) is 4.79 Å². The van der Waals surface area contributed by atoms with E-state index >= 15 is 0 Å². The molecule has 5 rings (SSSR count). The number of pyridine rings is 1. The molecular formula is C29H35FN6O3S. The molecule has 3 atom stereocenters. The number of hydrogen-bond donors (Lipinski definition) is 3. The van der Waals surface area contributed by atoms with Crippen LogP contribution in [0.2, 0.25) is 0 Å². The largest absolute Gasteiger partial charge is 0.368 e. The van der Waals surface area contributed by atoms with Gasteiger partial charge in [-0.05, 0) is 56.5 Å². The fourth-order valence-corrected chi connectivity index (χ4v) is 7.03. The first-order chi connectivity index (χ1) is 19.2. The van der Waals surface area contributed by atoms with E-state index in [9.17, 15) is 23.6 Å². The molecule has 3 N–H and O–H groups in total. The minimum absolute atomic E-state index is 0.136. The number of benzene rings is 1. The van der Waals surface area contributed by atoms with Crippen molar-refractivity contribution in [3.05, 3.63) is 59.8 Å². The molecule has 3 aromatic rings. The molecule has 0 radical (unpaired) electrons. The molecular weight excluding hydrogens is 531 g/mol. The third-order valence-electron chi connectivity index (χ3n) is 7.98. The Balaban J connectivity index is 1.54. The zero-order valence-corrected chi connectivity index (χ0v) is 23.6. The quantitative estimate of drug-likeness (QED) is 0.372. The molecule has 11 heteroatoms. The summed E-state index contributed by atoms with van der Waals surface area (Å²) in [7, 11) is -2.48.